The van der Waals surface area contributed by atoms with E-state index < -0.39 is 0 Å². The van der Waals surface area contributed by atoms with Gasteiger partial charge in [0.2, 0.25) is 11.8 Å². The van der Waals surface area contributed by atoms with E-state index in [2.05, 4.69) is 32.0 Å². The Morgan fingerprint density at radius 3 is 2.21 bits per heavy atom. The lowest BCUT2D eigenvalue weighted by Gasteiger charge is -2.56. The van der Waals surface area contributed by atoms with Crippen LogP contribution in [0.15, 0.2) is 18.2 Å². The quantitative estimate of drug-likeness (QED) is 0.638. The van der Waals surface area contributed by atoms with Crippen molar-refractivity contribution < 1.29 is 14.3 Å². The Bertz CT molecular complexity index is 929. The number of amides is 2. The fourth-order valence-electron chi connectivity index (χ4n) is 8.36. The van der Waals surface area contributed by atoms with Gasteiger partial charge in [0.1, 0.15) is 17.9 Å². The first kappa shape index (κ1) is 22.4. The number of hydrogen-bond donors (Lipinski definition) is 0. The van der Waals surface area contributed by atoms with Gasteiger partial charge in [-0.2, -0.15) is 0 Å². The second-order valence-corrected chi connectivity index (χ2v) is 12.3. The Balaban J connectivity index is 1.09. The molecule has 5 heteroatoms. The Morgan fingerprint density at radius 1 is 0.912 bits per heavy atom. The number of nitrogens with zero attached hydrogens (tertiary/aromatic N) is 2. The Morgan fingerprint density at radius 2 is 1.56 bits per heavy atom. The van der Waals surface area contributed by atoms with Crippen molar-refractivity contribution in [1.82, 2.24) is 9.80 Å². The molecule has 184 valence electrons. The Kier molecular flexibility index (Phi) is 5.65. The third-order valence-corrected chi connectivity index (χ3v) is 9.68. The first-order valence-corrected chi connectivity index (χ1v) is 13.7. The number of benzene rings is 1. The first-order chi connectivity index (χ1) is 16.4. The van der Waals surface area contributed by atoms with Crippen molar-refractivity contribution in [2.45, 2.75) is 90.2 Å². The van der Waals surface area contributed by atoms with Gasteiger partial charge in [0.05, 0.1) is 5.41 Å². The summed E-state index contributed by atoms with van der Waals surface area (Å²) < 4.78 is 6.32. The maximum Gasteiger partial charge on any atom is 0.245 e. The molecule has 0 spiro atoms. The molecule has 4 bridgehead atoms. The van der Waals surface area contributed by atoms with Gasteiger partial charge in [-0.05, 0) is 100 Å². The van der Waals surface area contributed by atoms with E-state index in [0.717, 1.165) is 93.6 Å². The van der Waals surface area contributed by atoms with Crippen LogP contribution in [0.25, 0.3) is 0 Å². The number of hydrogen-bond acceptors (Lipinski definition) is 3. The summed E-state index contributed by atoms with van der Waals surface area (Å²) in [7, 11) is 0. The second kappa shape index (κ2) is 8.57. The zero-order valence-corrected chi connectivity index (χ0v) is 20.9. The molecule has 4 aliphatic carbocycles. The molecule has 0 radical (unpaired) electrons. The minimum Gasteiger partial charge on any atom is -0.490 e. The minimum atomic E-state index is -0.239. The molecule has 0 aromatic heterocycles. The third kappa shape index (κ3) is 3.93. The molecule has 6 aliphatic rings. The monoisotopic (exact) mass is 464 g/mol. The molecular weight excluding hydrogens is 424 g/mol. The fraction of sp³-hybridized carbons (Fsp3) is 0.724. The Hall–Kier alpha value is -2.04. The standard InChI is InChI=1S/C29H40N2O3/c1-19-5-6-20(2)26(12-19)34-24-7-10-30(11-8-24)27(32)25-4-3-9-31(25)28(33)29-16-21-13-22(17-29)15-23(14-21)18-29/h5-6,12,21-25H,3-4,7-11,13-18H2,1-2H3. The van der Waals surface area contributed by atoms with E-state index in [1.165, 1.54) is 24.8 Å². The van der Waals surface area contributed by atoms with Crippen LogP contribution in [0.1, 0.15) is 75.3 Å². The van der Waals surface area contributed by atoms with Crippen LogP contribution in [0.4, 0.5) is 0 Å². The largest absolute Gasteiger partial charge is 0.490 e. The van der Waals surface area contributed by atoms with Gasteiger partial charge in [-0.3, -0.25) is 9.59 Å². The number of carbonyl (C=O) groups excluding carboxylic acids is 2. The van der Waals surface area contributed by atoms with E-state index in [4.69, 9.17) is 4.74 Å². The smallest absolute Gasteiger partial charge is 0.245 e. The molecule has 0 N–H and O–H groups in total. The van der Waals surface area contributed by atoms with E-state index in [0.29, 0.717) is 5.91 Å². The average Bonchev–Trinajstić information content (AvgIpc) is 3.30. The highest BCUT2D eigenvalue weighted by Gasteiger charge is 2.57. The van der Waals surface area contributed by atoms with Crippen molar-refractivity contribution in [3.8, 4) is 5.75 Å². The zero-order chi connectivity index (χ0) is 23.4. The molecule has 1 atom stereocenters. The van der Waals surface area contributed by atoms with Crippen LogP contribution in [-0.4, -0.2) is 53.4 Å². The first-order valence-electron chi connectivity index (χ1n) is 13.7. The van der Waals surface area contributed by atoms with Gasteiger partial charge in [-0.1, -0.05) is 12.1 Å². The number of likely N-dealkylation sites (tertiary alicyclic amines) is 2. The van der Waals surface area contributed by atoms with Gasteiger partial charge in [-0.25, -0.2) is 0 Å². The molecule has 2 aliphatic heterocycles. The van der Waals surface area contributed by atoms with Gasteiger partial charge in [0.25, 0.3) is 0 Å². The molecule has 2 heterocycles. The molecule has 1 aromatic rings. The summed E-state index contributed by atoms with van der Waals surface area (Å²) in [5.41, 5.74) is 2.22. The van der Waals surface area contributed by atoms with E-state index in [-0.39, 0.29) is 23.5 Å². The molecule has 2 amide bonds. The molecule has 1 unspecified atom stereocenters. The molecule has 7 rings (SSSR count). The van der Waals surface area contributed by atoms with E-state index >= 15 is 0 Å². The van der Waals surface area contributed by atoms with Crippen molar-refractivity contribution in [1.29, 1.82) is 0 Å². The summed E-state index contributed by atoms with van der Waals surface area (Å²) in [5.74, 6) is 3.73. The molecule has 2 saturated heterocycles. The van der Waals surface area contributed by atoms with Crippen LogP contribution < -0.4 is 4.74 Å². The second-order valence-electron chi connectivity index (χ2n) is 12.3. The summed E-state index contributed by atoms with van der Waals surface area (Å²) in [4.78, 5) is 31.6. The van der Waals surface area contributed by atoms with E-state index in [1.807, 2.05) is 9.80 Å². The predicted molar refractivity (Wildman–Crippen MR) is 131 cm³/mol. The summed E-state index contributed by atoms with van der Waals surface area (Å²) in [5, 5.41) is 0. The topological polar surface area (TPSA) is 49.9 Å². The zero-order valence-electron chi connectivity index (χ0n) is 20.9. The van der Waals surface area contributed by atoms with Crippen molar-refractivity contribution in [3.63, 3.8) is 0 Å². The van der Waals surface area contributed by atoms with E-state index in [9.17, 15) is 9.59 Å². The third-order valence-electron chi connectivity index (χ3n) is 9.68. The van der Waals surface area contributed by atoms with Gasteiger partial charge in [0, 0.05) is 32.5 Å². The SMILES string of the molecule is Cc1ccc(C)c(OC2CCN(C(=O)C3CCCN3C(=O)C34CC5CC(CC(C5)C3)C4)CC2)c1. The summed E-state index contributed by atoms with van der Waals surface area (Å²) in [6, 6.07) is 6.09. The lowest BCUT2D eigenvalue weighted by atomic mass is 9.49. The summed E-state index contributed by atoms with van der Waals surface area (Å²) in [6.45, 7) is 6.40. The predicted octanol–water partition coefficient (Wildman–Crippen LogP) is 4.88. The van der Waals surface area contributed by atoms with Crippen molar-refractivity contribution in [2.75, 3.05) is 19.6 Å². The number of ether oxygens (including phenoxy) is 1. The number of aryl methyl sites for hydroxylation is 2. The molecular formula is C29H40N2O3. The highest BCUT2D eigenvalue weighted by molar-refractivity contribution is 5.91. The fourth-order valence-corrected chi connectivity index (χ4v) is 8.36. The maximum absolute atomic E-state index is 13.9. The molecule has 6 fully saturated rings. The maximum atomic E-state index is 13.9. The van der Waals surface area contributed by atoms with Crippen LogP contribution in [0.2, 0.25) is 0 Å². The lowest BCUT2D eigenvalue weighted by molar-refractivity contribution is -0.162. The number of carbonyl (C=O) groups is 2. The van der Waals surface area contributed by atoms with Gasteiger partial charge in [-0.15, -0.1) is 0 Å². The van der Waals surface area contributed by atoms with Crippen LogP contribution in [0.5, 0.6) is 5.75 Å². The van der Waals surface area contributed by atoms with Crippen LogP contribution in [-0.2, 0) is 9.59 Å². The number of piperidine rings is 1. The highest BCUT2D eigenvalue weighted by Crippen LogP contribution is 2.60. The van der Waals surface area contributed by atoms with Crippen LogP contribution in [0.3, 0.4) is 0 Å². The van der Waals surface area contributed by atoms with Crippen LogP contribution in [0, 0.1) is 37.0 Å². The normalized spacial score (nSPS) is 35.1. The van der Waals surface area contributed by atoms with E-state index in [1.54, 1.807) is 0 Å². The van der Waals surface area contributed by atoms with Crippen molar-refractivity contribution >= 4 is 11.8 Å². The molecule has 5 nitrogen and oxygen atoms in total. The van der Waals surface area contributed by atoms with Crippen molar-refractivity contribution in [2.24, 2.45) is 23.2 Å². The lowest BCUT2D eigenvalue weighted by Crippen LogP contribution is -2.58. The van der Waals surface area contributed by atoms with Gasteiger partial charge in [0.15, 0.2) is 0 Å². The summed E-state index contributed by atoms with van der Waals surface area (Å²) in [6.07, 6.45) is 10.9. The molecule has 34 heavy (non-hydrogen) atoms. The average molecular weight is 465 g/mol. The molecule has 4 saturated carbocycles. The highest BCUT2D eigenvalue weighted by atomic mass is 16.5. The Labute approximate surface area is 204 Å². The minimum absolute atomic E-state index is 0.149. The van der Waals surface area contributed by atoms with Crippen molar-refractivity contribution in [3.05, 3.63) is 29.3 Å². The van der Waals surface area contributed by atoms with Crippen LogP contribution >= 0.6 is 0 Å². The summed E-state index contributed by atoms with van der Waals surface area (Å²) >= 11 is 0. The van der Waals surface area contributed by atoms with Gasteiger partial charge < -0.3 is 14.5 Å². The van der Waals surface area contributed by atoms with Gasteiger partial charge >= 0.3 is 0 Å². The molecule has 1 aromatic carbocycles. The number of rotatable bonds is 4.